The number of ether oxygens (including phenoxy) is 1. The third kappa shape index (κ3) is 4.22. The molecule has 0 spiro atoms. The zero-order valence-electron chi connectivity index (χ0n) is 12.6. The molecule has 0 unspecified atom stereocenters. The van der Waals surface area contributed by atoms with Crippen molar-refractivity contribution in [1.29, 1.82) is 0 Å². The Labute approximate surface area is 146 Å². The summed E-state index contributed by atoms with van der Waals surface area (Å²) in [5.74, 6) is 0.549. The molecule has 0 atom stereocenters. The maximum atomic E-state index is 6.25. The number of benzene rings is 2. The van der Waals surface area contributed by atoms with Gasteiger partial charge in [-0.2, -0.15) is 0 Å². The topological polar surface area (TPSA) is 21.3 Å². The Bertz CT molecular complexity index is 635. The molecule has 1 N–H and O–H groups in total. The molecule has 0 saturated carbocycles. The fourth-order valence-corrected chi connectivity index (χ4v) is 2.87. The standard InChI is InChI=1S/C17H18Cl3NO/c1-3-7-22-17-14(19)8-12(9-15(17)20)10-21-16-6-4-5-13(18)11(16)2/h4-6,8-9,21H,3,7,10H2,1-2H3. The van der Waals surface area contributed by atoms with Gasteiger partial charge in [-0.15, -0.1) is 0 Å². The molecule has 118 valence electrons. The van der Waals surface area contributed by atoms with E-state index in [9.17, 15) is 0 Å². The second kappa shape index (κ2) is 7.96. The molecule has 22 heavy (non-hydrogen) atoms. The van der Waals surface area contributed by atoms with Crippen LogP contribution in [-0.4, -0.2) is 6.61 Å². The first-order valence-electron chi connectivity index (χ1n) is 7.12. The molecule has 0 aliphatic carbocycles. The van der Waals surface area contributed by atoms with Crippen LogP contribution in [0, 0.1) is 6.92 Å². The third-order valence-electron chi connectivity index (χ3n) is 3.26. The summed E-state index contributed by atoms with van der Waals surface area (Å²) in [6, 6.07) is 9.51. The van der Waals surface area contributed by atoms with Crippen LogP contribution in [0.1, 0.15) is 24.5 Å². The fraction of sp³-hybridized carbons (Fsp3) is 0.294. The Morgan fingerprint density at radius 3 is 2.36 bits per heavy atom. The highest BCUT2D eigenvalue weighted by Gasteiger charge is 2.10. The number of anilines is 1. The van der Waals surface area contributed by atoms with E-state index in [2.05, 4.69) is 5.32 Å². The van der Waals surface area contributed by atoms with E-state index in [-0.39, 0.29) is 0 Å². The Hall–Kier alpha value is -1.09. The lowest BCUT2D eigenvalue weighted by atomic mass is 10.1. The number of nitrogens with one attached hydrogen (secondary N) is 1. The molecule has 0 saturated heterocycles. The second-order valence-corrected chi connectivity index (χ2v) is 6.22. The van der Waals surface area contributed by atoms with Crippen molar-refractivity contribution in [2.45, 2.75) is 26.8 Å². The van der Waals surface area contributed by atoms with E-state index in [0.717, 1.165) is 28.3 Å². The van der Waals surface area contributed by atoms with Crippen LogP contribution in [0.25, 0.3) is 0 Å². The quantitative estimate of drug-likeness (QED) is 0.649. The van der Waals surface area contributed by atoms with E-state index >= 15 is 0 Å². The normalized spacial score (nSPS) is 10.6. The first-order valence-corrected chi connectivity index (χ1v) is 8.26. The smallest absolute Gasteiger partial charge is 0.156 e. The van der Waals surface area contributed by atoms with Gasteiger partial charge in [0.15, 0.2) is 5.75 Å². The molecular formula is C17H18Cl3NO. The van der Waals surface area contributed by atoms with Gasteiger partial charge >= 0.3 is 0 Å². The molecule has 0 heterocycles. The first kappa shape index (κ1) is 17.3. The molecule has 0 amide bonds. The molecule has 0 aliphatic rings. The van der Waals surface area contributed by atoms with Gasteiger partial charge in [-0.05, 0) is 48.7 Å². The van der Waals surface area contributed by atoms with Gasteiger partial charge in [-0.25, -0.2) is 0 Å². The Morgan fingerprint density at radius 2 is 1.73 bits per heavy atom. The van der Waals surface area contributed by atoms with Gasteiger partial charge < -0.3 is 10.1 Å². The maximum absolute atomic E-state index is 6.25. The molecule has 0 aromatic heterocycles. The minimum absolute atomic E-state index is 0.528. The van der Waals surface area contributed by atoms with Crippen molar-refractivity contribution in [2.75, 3.05) is 11.9 Å². The third-order valence-corrected chi connectivity index (χ3v) is 4.23. The van der Waals surface area contributed by atoms with Gasteiger partial charge in [0.1, 0.15) is 0 Å². The fourth-order valence-electron chi connectivity index (χ4n) is 2.05. The lowest BCUT2D eigenvalue weighted by Crippen LogP contribution is -2.02. The predicted molar refractivity (Wildman–Crippen MR) is 95.8 cm³/mol. The van der Waals surface area contributed by atoms with E-state index in [1.54, 1.807) is 0 Å². The van der Waals surface area contributed by atoms with E-state index in [1.165, 1.54) is 0 Å². The monoisotopic (exact) mass is 357 g/mol. The van der Waals surface area contributed by atoms with Gasteiger partial charge in [0, 0.05) is 17.3 Å². The molecule has 2 rings (SSSR count). The van der Waals surface area contributed by atoms with E-state index in [4.69, 9.17) is 39.5 Å². The van der Waals surface area contributed by atoms with Crippen LogP contribution in [-0.2, 0) is 6.54 Å². The maximum Gasteiger partial charge on any atom is 0.156 e. The lowest BCUT2D eigenvalue weighted by Gasteiger charge is -2.13. The van der Waals surface area contributed by atoms with Crippen molar-refractivity contribution >= 4 is 40.5 Å². The zero-order chi connectivity index (χ0) is 16.1. The van der Waals surface area contributed by atoms with Crippen molar-refractivity contribution in [2.24, 2.45) is 0 Å². The summed E-state index contributed by atoms with van der Waals surface area (Å²) in [6.45, 7) is 5.22. The lowest BCUT2D eigenvalue weighted by molar-refractivity contribution is 0.318. The predicted octanol–water partition coefficient (Wildman–Crippen LogP) is 6.36. The van der Waals surface area contributed by atoms with Crippen LogP contribution in [0.15, 0.2) is 30.3 Å². The molecule has 0 bridgehead atoms. The summed E-state index contributed by atoms with van der Waals surface area (Å²) in [6.07, 6.45) is 0.907. The molecule has 0 aliphatic heterocycles. The highest BCUT2D eigenvalue weighted by Crippen LogP contribution is 2.34. The van der Waals surface area contributed by atoms with Crippen molar-refractivity contribution in [1.82, 2.24) is 0 Å². The first-order chi connectivity index (χ1) is 10.5. The molecule has 5 heteroatoms. The Kier molecular flexibility index (Phi) is 6.25. The van der Waals surface area contributed by atoms with Gasteiger partial charge in [0.25, 0.3) is 0 Å². The largest absolute Gasteiger partial charge is 0.490 e. The highest BCUT2D eigenvalue weighted by atomic mass is 35.5. The summed E-state index contributed by atoms with van der Waals surface area (Å²) >= 11 is 18.6. The average molecular weight is 359 g/mol. The average Bonchev–Trinajstić information content (AvgIpc) is 2.48. The molecule has 2 aromatic carbocycles. The van der Waals surface area contributed by atoms with Crippen molar-refractivity contribution < 1.29 is 4.74 Å². The summed E-state index contributed by atoms with van der Waals surface area (Å²) in [5, 5.41) is 5.14. The molecule has 0 fully saturated rings. The van der Waals surface area contributed by atoms with Gasteiger partial charge in [0.05, 0.1) is 16.7 Å². The molecule has 2 aromatic rings. The van der Waals surface area contributed by atoms with Crippen LogP contribution in [0.4, 0.5) is 5.69 Å². The zero-order valence-corrected chi connectivity index (χ0v) is 14.8. The number of halogens is 3. The van der Waals surface area contributed by atoms with E-state index in [0.29, 0.717) is 28.9 Å². The molecular weight excluding hydrogens is 341 g/mol. The second-order valence-electron chi connectivity index (χ2n) is 5.00. The summed E-state index contributed by atoms with van der Waals surface area (Å²) in [4.78, 5) is 0. The Balaban J connectivity index is 2.12. The number of rotatable bonds is 6. The van der Waals surface area contributed by atoms with Crippen LogP contribution >= 0.6 is 34.8 Å². The molecule has 0 radical (unpaired) electrons. The van der Waals surface area contributed by atoms with Crippen molar-refractivity contribution in [3.63, 3.8) is 0 Å². The summed E-state index contributed by atoms with van der Waals surface area (Å²) < 4.78 is 5.57. The number of hydrogen-bond acceptors (Lipinski definition) is 2. The Morgan fingerprint density at radius 1 is 1.05 bits per heavy atom. The van der Waals surface area contributed by atoms with Crippen LogP contribution in [0.2, 0.25) is 15.1 Å². The van der Waals surface area contributed by atoms with Crippen LogP contribution in [0.3, 0.4) is 0 Å². The van der Waals surface area contributed by atoms with Crippen molar-refractivity contribution in [3.8, 4) is 5.75 Å². The number of hydrogen-bond donors (Lipinski definition) is 1. The summed E-state index contributed by atoms with van der Waals surface area (Å²) in [5.41, 5.74) is 2.99. The molecule has 2 nitrogen and oxygen atoms in total. The van der Waals surface area contributed by atoms with Crippen LogP contribution < -0.4 is 10.1 Å². The van der Waals surface area contributed by atoms with E-state index < -0.39 is 0 Å². The minimum Gasteiger partial charge on any atom is -0.490 e. The minimum atomic E-state index is 0.528. The van der Waals surface area contributed by atoms with Gasteiger partial charge in [-0.3, -0.25) is 0 Å². The van der Waals surface area contributed by atoms with Gasteiger partial charge in [0.2, 0.25) is 0 Å². The van der Waals surface area contributed by atoms with Crippen LogP contribution in [0.5, 0.6) is 5.75 Å². The SMILES string of the molecule is CCCOc1c(Cl)cc(CNc2cccc(Cl)c2C)cc1Cl. The van der Waals surface area contributed by atoms with Gasteiger partial charge in [-0.1, -0.05) is 47.8 Å². The highest BCUT2D eigenvalue weighted by molar-refractivity contribution is 6.37. The van der Waals surface area contributed by atoms with E-state index in [1.807, 2.05) is 44.2 Å². The summed E-state index contributed by atoms with van der Waals surface area (Å²) in [7, 11) is 0. The van der Waals surface area contributed by atoms with Crippen molar-refractivity contribution in [3.05, 3.63) is 56.5 Å².